The molecule has 0 amide bonds. The zero-order valence-electron chi connectivity index (χ0n) is 11.5. The first kappa shape index (κ1) is 16.3. The summed E-state index contributed by atoms with van der Waals surface area (Å²) < 4.78 is 5.79. The summed E-state index contributed by atoms with van der Waals surface area (Å²) in [6.07, 6.45) is 0. The van der Waals surface area contributed by atoms with E-state index in [-0.39, 0.29) is 7.43 Å². The molecule has 0 N–H and O–H groups in total. The monoisotopic (exact) mass is 308 g/mol. The summed E-state index contributed by atoms with van der Waals surface area (Å²) in [6, 6.07) is 30.5. The molecule has 1 nitrogen and oxygen atoms in total. The van der Waals surface area contributed by atoms with Gasteiger partial charge in [0.05, 0.1) is 0 Å². The van der Waals surface area contributed by atoms with Gasteiger partial charge in [0.25, 0.3) is 0 Å². The molecule has 3 aromatic rings. The maximum absolute atomic E-state index is 5.79. The Labute approximate surface area is 138 Å². The number of hydrogen-bond acceptors (Lipinski definition) is 2. The van der Waals surface area contributed by atoms with Crippen LogP contribution in [0.4, 0.5) is 0 Å². The number of hydrogen-bond donors (Lipinski definition) is 1. The van der Waals surface area contributed by atoms with E-state index >= 15 is 0 Å². The Morgan fingerprint density at radius 3 is 1.05 bits per heavy atom. The second-order valence-electron chi connectivity index (χ2n) is 4.87. The van der Waals surface area contributed by atoms with Crippen molar-refractivity contribution in [1.82, 2.24) is 0 Å². The Morgan fingerprint density at radius 2 is 0.818 bits per heavy atom. The Bertz CT molecular complexity index is 584. The molecule has 112 valence electrons. The van der Waals surface area contributed by atoms with Gasteiger partial charge in [-0.2, -0.15) is 0 Å². The average molecular weight is 308 g/mol. The minimum absolute atomic E-state index is 0. The lowest BCUT2D eigenvalue weighted by Gasteiger charge is -2.33. The molecule has 0 spiro atoms. The van der Waals surface area contributed by atoms with Gasteiger partial charge in [0.2, 0.25) is 0 Å². The maximum atomic E-state index is 5.79. The maximum Gasteiger partial charge on any atom is 0.157 e. The normalized spacial score (nSPS) is 10.8. The van der Waals surface area contributed by atoms with Gasteiger partial charge in [0.15, 0.2) is 5.60 Å². The van der Waals surface area contributed by atoms with Crippen molar-refractivity contribution in [2.24, 2.45) is 0 Å². The summed E-state index contributed by atoms with van der Waals surface area (Å²) in [6.45, 7) is 0. The highest BCUT2D eigenvalue weighted by Gasteiger charge is 2.36. The van der Waals surface area contributed by atoms with Crippen LogP contribution >= 0.6 is 12.9 Å². The Kier molecular flexibility index (Phi) is 5.42. The van der Waals surface area contributed by atoms with E-state index in [0.29, 0.717) is 0 Å². The third-order valence-corrected chi connectivity index (χ3v) is 3.95. The van der Waals surface area contributed by atoms with E-state index in [0.717, 1.165) is 16.7 Å². The molecule has 0 unspecified atom stereocenters. The fraction of sp³-hybridized carbons (Fsp3) is 0.100. The molecule has 0 aromatic heterocycles. The third-order valence-electron chi connectivity index (χ3n) is 3.68. The van der Waals surface area contributed by atoms with E-state index in [4.69, 9.17) is 4.18 Å². The van der Waals surface area contributed by atoms with Crippen LogP contribution in [0.5, 0.6) is 0 Å². The highest BCUT2D eigenvalue weighted by atomic mass is 32.1. The summed E-state index contributed by atoms with van der Waals surface area (Å²) in [5.74, 6) is 0. The van der Waals surface area contributed by atoms with Gasteiger partial charge in [-0.3, -0.25) is 4.18 Å². The number of thiol groups is 1. The van der Waals surface area contributed by atoms with Crippen molar-refractivity contribution in [3.8, 4) is 0 Å². The Hall–Kier alpha value is -2.03. The highest BCUT2D eigenvalue weighted by Crippen LogP contribution is 2.40. The van der Waals surface area contributed by atoms with E-state index in [1.165, 1.54) is 0 Å². The van der Waals surface area contributed by atoms with Crippen LogP contribution in [0.15, 0.2) is 91.0 Å². The van der Waals surface area contributed by atoms with E-state index in [9.17, 15) is 0 Å². The van der Waals surface area contributed by atoms with Gasteiger partial charge in [-0.1, -0.05) is 98.4 Å². The number of benzene rings is 3. The van der Waals surface area contributed by atoms with Gasteiger partial charge in [-0.25, -0.2) is 0 Å². The van der Waals surface area contributed by atoms with Gasteiger partial charge >= 0.3 is 0 Å². The van der Waals surface area contributed by atoms with Crippen LogP contribution in [0.2, 0.25) is 0 Å². The number of rotatable bonds is 4. The van der Waals surface area contributed by atoms with Crippen LogP contribution < -0.4 is 0 Å². The molecule has 0 aliphatic rings. The zero-order chi connectivity index (χ0) is 14.5. The standard InChI is InChI=1S/C19H16OS.CH4/c21-20-19(16-10-4-1-5-11-16,17-12-6-2-7-13-17)18-14-8-3-9-15-18;/h1-15,21H;1H4. The molecule has 0 bridgehead atoms. The molecule has 0 heterocycles. The first-order chi connectivity index (χ1) is 10.4. The minimum atomic E-state index is -0.715. The molecule has 22 heavy (non-hydrogen) atoms. The van der Waals surface area contributed by atoms with Gasteiger partial charge in [-0.15, -0.1) is 0 Å². The van der Waals surface area contributed by atoms with Gasteiger partial charge in [0.1, 0.15) is 0 Å². The molecule has 0 atom stereocenters. The van der Waals surface area contributed by atoms with Crippen LogP contribution in [0.3, 0.4) is 0 Å². The molecule has 0 saturated heterocycles. The molecular formula is C20H20OS. The second kappa shape index (κ2) is 7.30. The lowest BCUT2D eigenvalue weighted by Crippen LogP contribution is -2.29. The molecule has 0 aliphatic carbocycles. The molecular weight excluding hydrogens is 288 g/mol. The molecule has 0 fully saturated rings. The molecule has 0 saturated carbocycles. The van der Waals surface area contributed by atoms with Crippen LogP contribution in [0, 0.1) is 0 Å². The van der Waals surface area contributed by atoms with Crippen LogP contribution in [-0.4, -0.2) is 0 Å². The van der Waals surface area contributed by atoms with Crippen LogP contribution in [0.1, 0.15) is 24.1 Å². The summed E-state index contributed by atoms with van der Waals surface area (Å²) in [5, 5.41) is 0. The van der Waals surface area contributed by atoms with Crippen LogP contribution in [-0.2, 0) is 9.78 Å². The van der Waals surface area contributed by atoms with Crippen LogP contribution in [0.25, 0.3) is 0 Å². The predicted molar refractivity (Wildman–Crippen MR) is 96.0 cm³/mol. The largest absolute Gasteiger partial charge is 0.298 e. The Balaban J connectivity index is 0.00000176. The molecule has 3 aromatic carbocycles. The predicted octanol–water partition coefficient (Wildman–Crippen LogP) is 5.48. The fourth-order valence-electron chi connectivity index (χ4n) is 2.68. The molecule has 0 aliphatic heterocycles. The average Bonchev–Trinajstić information content (AvgIpc) is 2.59. The van der Waals surface area contributed by atoms with Gasteiger partial charge in [0, 0.05) is 0 Å². The quantitative estimate of drug-likeness (QED) is 0.382. The molecule has 2 heteroatoms. The summed E-state index contributed by atoms with van der Waals surface area (Å²) >= 11 is 4.24. The van der Waals surface area contributed by atoms with E-state index in [1.54, 1.807) is 0 Å². The smallest absolute Gasteiger partial charge is 0.157 e. The minimum Gasteiger partial charge on any atom is -0.298 e. The third kappa shape index (κ3) is 2.80. The van der Waals surface area contributed by atoms with Crippen molar-refractivity contribution in [3.63, 3.8) is 0 Å². The van der Waals surface area contributed by atoms with Crippen molar-refractivity contribution in [2.75, 3.05) is 0 Å². The lowest BCUT2D eigenvalue weighted by atomic mass is 9.80. The van der Waals surface area contributed by atoms with Crippen molar-refractivity contribution >= 4 is 12.9 Å². The highest BCUT2D eigenvalue weighted by molar-refractivity contribution is 7.75. The lowest BCUT2D eigenvalue weighted by molar-refractivity contribution is 0.198. The summed E-state index contributed by atoms with van der Waals surface area (Å²) in [5.41, 5.74) is 2.44. The van der Waals surface area contributed by atoms with Gasteiger partial charge in [-0.05, 0) is 29.6 Å². The van der Waals surface area contributed by atoms with Crippen molar-refractivity contribution in [3.05, 3.63) is 108 Å². The molecule has 0 radical (unpaired) electrons. The van der Waals surface area contributed by atoms with E-state index in [2.05, 4.69) is 49.3 Å². The Morgan fingerprint density at radius 1 is 0.545 bits per heavy atom. The SMILES string of the molecule is C.SOC(c1ccccc1)(c1ccccc1)c1ccccc1. The zero-order valence-corrected chi connectivity index (χ0v) is 12.4. The first-order valence-corrected chi connectivity index (χ1v) is 7.23. The second-order valence-corrected chi connectivity index (χ2v) is 5.05. The van der Waals surface area contributed by atoms with Crippen molar-refractivity contribution in [2.45, 2.75) is 13.0 Å². The molecule has 3 rings (SSSR count). The fourth-order valence-corrected chi connectivity index (χ4v) is 2.99. The summed E-state index contributed by atoms with van der Waals surface area (Å²) in [7, 11) is 0. The van der Waals surface area contributed by atoms with E-state index in [1.807, 2.05) is 54.6 Å². The van der Waals surface area contributed by atoms with E-state index < -0.39 is 5.60 Å². The van der Waals surface area contributed by atoms with Gasteiger partial charge < -0.3 is 0 Å². The first-order valence-electron chi connectivity index (χ1n) is 6.87. The van der Waals surface area contributed by atoms with Crippen molar-refractivity contribution < 1.29 is 4.18 Å². The topological polar surface area (TPSA) is 9.23 Å². The summed E-state index contributed by atoms with van der Waals surface area (Å²) in [4.78, 5) is 0. The van der Waals surface area contributed by atoms with Crippen molar-refractivity contribution in [1.29, 1.82) is 0 Å².